The Bertz CT molecular complexity index is 979. The number of nitrogens with one attached hydrogen (secondary N) is 1. The lowest BCUT2D eigenvalue weighted by Crippen LogP contribution is -2.28. The van der Waals surface area contributed by atoms with Gasteiger partial charge >= 0.3 is 0 Å². The van der Waals surface area contributed by atoms with Gasteiger partial charge in [0.15, 0.2) is 0 Å². The highest BCUT2D eigenvalue weighted by Gasteiger charge is 2.36. The van der Waals surface area contributed by atoms with Crippen LogP contribution in [0.25, 0.3) is 10.8 Å². The van der Waals surface area contributed by atoms with Gasteiger partial charge in [-0.05, 0) is 17.9 Å². The van der Waals surface area contributed by atoms with Gasteiger partial charge in [0.05, 0.1) is 11.6 Å². The molecule has 1 aliphatic heterocycles. The molecule has 0 bridgehead atoms. The second-order valence-corrected chi connectivity index (χ2v) is 7.31. The lowest BCUT2D eigenvalue weighted by atomic mass is 10.1. The first kappa shape index (κ1) is 16.7. The van der Waals surface area contributed by atoms with Crippen LogP contribution >= 0.6 is 11.3 Å². The zero-order valence-corrected chi connectivity index (χ0v) is 15.1. The lowest BCUT2D eigenvalue weighted by Gasteiger charge is -2.18. The number of benzene rings is 2. The van der Waals surface area contributed by atoms with E-state index in [1.165, 1.54) is 11.3 Å². The Labute approximate surface area is 154 Å². The van der Waals surface area contributed by atoms with Gasteiger partial charge in [-0.25, -0.2) is 0 Å². The van der Waals surface area contributed by atoms with E-state index in [0.29, 0.717) is 11.7 Å². The highest BCUT2D eigenvalue weighted by atomic mass is 32.1. The molecule has 1 saturated heterocycles. The molecule has 2 aromatic carbocycles. The van der Waals surface area contributed by atoms with E-state index in [-0.39, 0.29) is 18.2 Å². The molecular formula is C19H18N4O2S. The summed E-state index contributed by atoms with van der Waals surface area (Å²) in [5.74, 6) is -0.608. The minimum atomic E-state index is -0.393. The van der Waals surface area contributed by atoms with Gasteiger partial charge in [0, 0.05) is 18.4 Å². The molecule has 6 nitrogen and oxygen atoms in total. The van der Waals surface area contributed by atoms with Crippen LogP contribution in [0.3, 0.4) is 0 Å². The van der Waals surface area contributed by atoms with Gasteiger partial charge < -0.3 is 10.2 Å². The van der Waals surface area contributed by atoms with Crippen LogP contribution < -0.4 is 10.2 Å². The zero-order valence-electron chi connectivity index (χ0n) is 14.3. The van der Waals surface area contributed by atoms with Gasteiger partial charge in [0.1, 0.15) is 5.01 Å². The Morgan fingerprint density at radius 3 is 2.85 bits per heavy atom. The first-order valence-corrected chi connectivity index (χ1v) is 9.38. The van der Waals surface area contributed by atoms with Crippen molar-refractivity contribution in [3.05, 3.63) is 47.5 Å². The number of hydrogen-bond acceptors (Lipinski definition) is 5. The second-order valence-electron chi connectivity index (χ2n) is 6.25. The van der Waals surface area contributed by atoms with Crippen LogP contribution in [0.15, 0.2) is 42.5 Å². The molecule has 0 saturated carbocycles. The van der Waals surface area contributed by atoms with Crippen LogP contribution in [-0.2, 0) is 16.0 Å². The first-order valence-electron chi connectivity index (χ1n) is 8.57. The van der Waals surface area contributed by atoms with E-state index in [2.05, 4.69) is 15.5 Å². The van der Waals surface area contributed by atoms with Crippen molar-refractivity contribution in [2.75, 3.05) is 16.8 Å². The standard InChI is InChI=1S/C19H18N4O2S/c1-2-16-21-22-19(26-16)20-18(25)13-10-17(24)23(11-13)15-9-5-7-12-6-3-4-8-14(12)15/h3-9,13H,2,10-11H2,1H3,(H,20,22,25)/t13-/m0/s1. The number of anilines is 2. The maximum atomic E-state index is 12.6. The summed E-state index contributed by atoms with van der Waals surface area (Å²) in [6.07, 6.45) is 0.985. The molecule has 0 spiro atoms. The number of amides is 2. The predicted molar refractivity (Wildman–Crippen MR) is 102 cm³/mol. The Kier molecular flexibility index (Phi) is 4.38. The lowest BCUT2D eigenvalue weighted by molar-refractivity contribution is -0.122. The van der Waals surface area contributed by atoms with Gasteiger partial charge in [-0.3, -0.25) is 9.59 Å². The fourth-order valence-corrected chi connectivity index (χ4v) is 3.90. The number of rotatable bonds is 4. The summed E-state index contributed by atoms with van der Waals surface area (Å²) in [5, 5.41) is 14.2. The monoisotopic (exact) mass is 366 g/mol. The predicted octanol–water partition coefficient (Wildman–Crippen LogP) is 3.25. The number of aryl methyl sites for hydroxylation is 1. The molecule has 0 radical (unpaired) electrons. The Morgan fingerprint density at radius 2 is 2.04 bits per heavy atom. The fourth-order valence-electron chi connectivity index (χ4n) is 3.21. The SMILES string of the molecule is CCc1nnc(NC(=O)[C@H]2CC(=O)N(c3cccc4ccccc34)C2)s1. The van der Waals surface area contributed by atoms with Crippen molar-refractivity contribution in [1.82, 2.24) is 10.2 Å². The molecule has 1 aliphatic rings. The van der Waals surface area contributed by atoms with E-state index < -0.39 is 5.92 Å². The largest absolute Gasteiger partial charge is 0.311 e. The van der Waals surface area contributed by atoms with Gasteiger partial charge in [-0.15, -0.1) is 10.2 Å². The first-order chi connectivity index (χ1) is 12.7. The summed E-state index contributed by atoms with van der Waals surface area (Å²) < 4.78 is 0. The van der Waals surface area contributed by atoms with Crippen LogP contribution in [0.5, 0.6) is 0 Å². The molecule has 1 aromatic heterocycles. The number of hydrogen-bond donors (Lipinski definition) is 1. The van der Waals surface area contributed by atoms with Crippen LogP contribution in [0.2, 0.25) is 0 Å². The molecule has 4 rings (SSSR count). The molecule has 2 heterocycles. The topological polar surface area (TPSA) is 75.2 Å². The molecule has 1 atom stereocenters. The molecule has 26 heavy (non-hydrogen) atoms. The summed E-state index contributed by atoms with van der Waals surface area (Å²) in [5.41, 5.74) is 0.854. The fraction of sp³-hybridized carbons (Fsp3) is 0.263. The molecular weight excluding hydrogens is 348 g/mol. The van der Waals surface area contributed by atoms with E-state index in [0.717, 1.165) is 27.9 Å². The maximum Gasteiger partial charge on any atom is 0.231 e. The van der Waals surface area contributed by atoms with Crippen molar-refractivity contribution in [1.29, 1.82) is 0 Å². The summed E-state index contributed by atoms with van der Waals surface area (Å²) in [6, 6.07) is 13.8. The number of carbonyl (C=O) groups is 2. The average molecular weight is 366 g/mol. The second kappa shape index (κ2) is 6.84. The minimum Gasteiger partial charge on any atom is -0.311 e. The maximum absolute atomic E-state index is 12.6. The Hall–Kier alpha value is -2.80. The zero-order chi connectivity index (χ0) is 18.1. The highest BCUT2D eigenvalue weighted by Crippen LogP contribution is 2.32. The normalized spacial score (nSPS) is 17.0. The third-order valence-corrected chi connectivity index (χ3v) is 5.54. The summed E-state index contributed by atoms with van der Waals surface area (Å²) >= 11 is 1.37. The smallest absolute Gasteiger partial charge is 0.231 e. The summed E-state index contributed by atoms with van der Waals surface area (Å²) in [4.78, 5) is 26.8. The van der Waals surface area contributed by atoms with Crippen molar-refractivity contribution in [2.24, 2.45) is 5.92 Å². The number of carbonyl (C=O) groups excluding carboxylic acids is 2. The van der Waals surface area contributed by atoms with Gasteiger partial charge in [0.2, 0.25) is 16.9 Å². The Morgan fingerprint density at radius 1 is 1.23 bits per heavy atom. The summed E-state index contributed by atoms with van der Waals surface area (Å²) in [6.45, 7) is 2.36. The minimum absolute atomic E-state index is 0.0342. The number of nitrogens with zero attached hydrogens (tertiary/aromatic N) is 3. The van der Waals surface area contributed by atoms with Crippen molar-refractivity contribution in [3.63, 3.8) is 0 Å². The van der Waals surface area contributed by atoms with Gasteiger partial charge in [-0.2, -0.15) is 0 Å². The molecule has 1 N–H and O–H groups in total. The highest BCUT2D eigenvalue weighted by molar-refractivity contribution is 7.15. The van der Waals surface area contributed by atoms with Crippen molar-refractivity contribution >= 4 is 44.7 Å². The third kappa shape index (κ3) is 3.06. The molecule has 0 unspecified atom stereocenters. The van der Waals surface area contributed by atoms with E-state index in [4.69, 9.17) is 0 Å². The van der Waals surface area contributed by atoms with Crippen molar-refractivity contribution < 1.29 is 9.59 Å². The third-order valence-electron chi connectivity index (χ3n) is 4.55. The van der Waals surface area contributed by atoms with E-state index in [1.807, 2.05) is 49.4 Å². The molecule has 7 heteroatoms. The van der Waals surface area contributed by atoms with E-state index in [1.54, 1.807) is 4.90 Å². The molecule has 0 aliphatic carbocycles. The number of fused-ring (bicyclic) bond motifs is 1. The average Bonchev–Trinajstić information content (AvgIpc) is 3.27. The van der Waals surface area contributed by atoms with Crippen LogP contribution in [0.4, 0.5) is 10.8 Å². The van der Waals surface area contributed by atoms with Gasteiger partial charge in [0.25, 0.3) is 0 Å². The summed E-state index contributed by atoms with van der Waals surface area (Å²) in [7, 11) is 0. The molecule has 2 amide bonds. The van der Waals surface area contributed by atoms with Gasteiger partial charge in [-0.1, -0.05) is 54.7 Å². The van der Waals surface area contributed by atoms with Crippen LogP contribution in [0, 0.1) is 5.92 Å². The number of aromatic nitrogens is 2. The van der Waals surface area contributed by atoms with Crippen LogP contribution in [-0.4, -0.2) is 28.6 Å². The van der Waals surface area contributed by atoms with Crippen LogP contribution in [0.1, 0.15) is 18.4 Å². The van der Waals surface area contributed by atoms with Crippen molar-refractivity contribution in [2.45, 2.75) is 19.8 Å². The molecule has 132 valence electrons. The quantitative estimate of drug-likeness (QED) is 0.769. The molecule has 1 fully saturated rings. The molecule has 3 aromatic rings. The van der Waals surface area contributed by atoms with E-state index >= 15 is 0 Å². The Balaban J connectivity index is 1.53. The van der Waals surface area contributed by atoms with Crippen molar-refractivity contribution in [3.8, 4) is 0 Å². The van der Waals surface area contributed by atoms with E-state index in [9.17, 15) is 9.59 Å².